The summed E-state index contributed by atoms with van der Waals surface area (Å²) in [6.45, 7) is 10.9. The molecular formula is C32H43N3O4. The number of ether oxygens (including phenoxy) is 1. The quantitative estimate of drug-likeness (QED) is 0.282. The summed E-state index contributed by atoms with van der Waals surface area (Å²) in [4.78, 5) is 20.2. The lowest BCUT2D eigenvalue weighted by Crippen LogP contribution is -2.42. The van der Waals surface area contributed by atoms with E-state index < -0.39 is 0 Å². The first-order valence-electron chi connectivity index (χ1n) is 14.2. The fourth-order valence-corrected chi connectivity index (χ4v) is 5.83. The summed E-state index contributed by atoms with van der Waals surface area (Å²) < 4.78 is 10.6. The summed E-state index contributed by atoms with van der Waals surface area (Å²) in [6, 6.07) is 7.90. The number of aryl methyl sites for hydroxylation is 1. The largest absolute Gasteiger partial charge is 0.497 e. The summed E-state index contributed by atoms with van der Waals surface area (Å²) >= 11 is 0. The number of rotatable bonds is 9. The fourth-order valence-electron chi connectivity index (χ4n) is 5.83. The second kappa shape index (κ2) is 13.2. The molecule has 2 aliphatic carbocycles. The van der Waals surface area contributed by atoms with Gasteiger partial charge in [-0.1, -0.05) is 35.5 Å². The Kier molecular flexibility index (Phi) is 9.78. The Labute approximate surface area is 232 Å². The third kappa shape index (κ3) is 7.47. The summed E-state index contributed by atoms with van der Waals surface area (Å²) in [5, 5.41) is 14.1. The Morgan fingerprint density at radius 1 is 1.10 bits per heavy atom. The van der Waals surface area contributed by atoms with Crippen molar-refractivity contribution in [2.24, 2.45) is 17.8 Å². The molecule has 0 unspecified atom stereocenters. The zero-order chi connectivity index (χ0) is 27.9. The Balaban J connectivity index is 1.47. The molecule has 4 rings (SSSR count). The number of allylic oxidation sites excluding steroid dienone is 4. The number of carbonyl (C=O) groups excluding carboxylic acids is 1. The second-order valence-electron chi connectivity index (χ2n) is 11.3. The number of amides is 1. The van der Waals surface area contributed by atoms with Crippen molar-refractivity contribution >= 4 is 11.6 Å². The van der Waals surface area contributed by atoms with Crippen LogP contribution in [0.2, 0.25) is 0 Å². The summed E-state index contributed by atoms with van der Waals surface area (Å²) in [7, 11) is 1.70. The number of hydrogen-bond donors (Lipinski definition) is 1. The highest BCUT2D eigenvalue weighted by Crippen LogP contribution is 2.36. The van der Waals surface area contributed by atoms with Crippen LogP contribution in [0.15, 0.2) is 64.4 Å². The molecule has 0 saturated heterocycles. The molecular weight excluding hydrogens is 490 g/mol. The van der Waals surface area contributed by atoms with Gasteiger partial charge >= 0.3 is 0 Å². The van der Waals surface area contributed by atoms with E-state index in [0.717, 1.165) is 66.7 Å². The van der Waals surface area contributed by atoms with Gasteiger partial charge < -0.3 is 19.3 Å². The minimum atomic E-state index is -0.290. The van der Waals surface area contributed by atoms with E-state index in [4.69, 9.17) is 9.26 Å². The molecule has 0 bridgehead atoms. The van der Waals surface area contributed by atoms with Gasteiger partial charge in [-0.05, 0) is 101 Å². The van der Waals surface area contributed by atoms with Crippen LogP contribution >= 0.6 is 0 Å². The highest BCUT2D eigenvalue weighted by molar-refractivity contribution is 5.95. The Bertz CT molecular complexity index is 1190. The van der Waals surface area contributed by atoms with E-state index in [-0.39, 0.29) is 17.9 Å². The maximum atomic E-state index is 13.9. The van der Waals surface area contributed by atoms with Crippen molar-refractivity contribution in [3.63, 3.8) is 0 Å². The Morgan fingerprint density at radius 3 is 2.41 bits per heavy atom. The van der Waals surface area contributed by atoms with Crippen molar-refractivity contribution in [2.45, 2.75) is 78.2 Å². The van der Waals surface area contributed by atoms with Crippen LogP contribution in [0.3, 0.4) is 0 Å². The SMILES string of the molecule is C=C(/C=C\C(OC)=C(C)C)C1CCC(CN(C(=O)C2CCC(O)CC2)c2cccc(-c3noc(C)n3)c2)CC1. The first kappa shape index (κ1) is 28.8. The van der Waals surface area contributed by atoms with Gasteiger partial charge in [-0.3, -0.25) is 4.79 Å². The Morgan fingerprint density at radius 2 is 1.79 bits per heavy atom. The molecule has 0 aliphatic heterocycles. The van der Waals surface area contributed by atoms with Crippen LogP contribution in [0.4, 0.5) is 5.69 Å². The van der Waals surface area contributed by atoms with Crippen molar-refractivity contribution < 1.29 is 19.2 Å². The third-order valence-corrected chi connectivity index (χ3v) is 8.23. The third-order valence-electron chi connectivity index (χ3n) is 8.23. The maximum Gasteiger partial charge on any atom is 0.230 e. The van der Waals surface area contributed by atoms with Crippen LogP contribution in [0.25, 0.3) is 11.4 Å². The van der Waals surface area contributed by atoms with Gasteiger partial charge in [0.1, 0.15) is 5.76 Å². The zero-order valence-corrected chi connectivity index (χ0v) is 23.9. The summed E-state index contributed by atoms with van der Waals surface area (Å²) in [6.07, 6.45) is 10.9. The molecule has 1 N–H and O–H groups in total. The molecule has 0 radical (unpaired) electrons. The maximum absolute atomic E-state index is 13.9. The van der Waals surface area contributed by atoms with Crippen LogP contribution in [0.1, 0.15) is 71.1 Å². The molecule has 1 heterocycles. The zero-order valence-electron chi connectivity index (χ0n) is 23.9. The van der Waals surface area contributed by atoms with Crippen molar-refractivity contribution in [3.05, 3.63) is 65.8 Å². The highest BCUT2D eigenvalue weighted by atomic mass is 16.5. The van der Waals surface area contributed by atoms with Gasteiger partial charge in [-0.15, -0.1) is 0 Å². The molecule has 1 amide bonds. The van der Waals surface area contributed by atoms with Crippen LogP contribution < -0.4 is 4.90 Å². The lowest BCUT2D eigenvalue weighted by molar-refractivity contribution is -0.124. The van der Waals surface area contributed by atoms with Crippen LogP contribution in [0, 0.1) is 24.7 Å². The van der Waals surface area contributed by atoms with E-state index in [0.29, 0.717) is 42.9 Å². The van der Waals surface area contributed by atoms with Crippen LogP contribution in [-0.4, -0.2) is 40.9 Å². The van der Waals surface area contributed by atoms with Gasteiger partial charge in [0.25, 0.3) is 0 Å². The van der Waals surface area contributed by atoms with Gasteiger partial charge in [-0.25, -0.2) is 0 Å². The predicted molar refractivity (Wildman–Crippen MR) is 154 cm³/mol. The molecule has 1 aromatic carbocycles. The molecule has 1 aromatic heterocycles. The van der Waals surface area contributed by atoms with E-state index in [1.165, 1.54) is 0 Å². The first-order chi connectivity index (χ1) is 18.7. The molecule has 2 aliphatic rings. The van der Waals surface area contributed by atoms with Crippen molar-refractivity contribution in [1.82, 2.24) is 10.1 Å². The van der Waals surface area contributed by atoms with E-state index in [1.54, 1.807) is 14.0 Å². The van der Waals surface area contributed by atoms with Crippen molar-refractivity contribution in [1.29, 1.82) is 0 Å². The van der Waals surface area contributed by atoms with Crippen molar-refractivity contribution in [2.75, 3.05) is 18.6 Å². The number of hydrogen-bond acceptors (Lipinski definition) is 6. The first-order valence-corrected chi connectivity index (χ1v) is 14.2. The smallest absolute Gasteiger partial charge is 0.230 e. The van der Waals surface area contributed by atoms with Gasteiger partial charge in [0.05, 0.1) is 13.2 Å². The molecule has 7 heteroatoms. The average molecular weight is 534 g/mol. The monoisotopic (exact) mass is 533 g/mol. The topological polar surface area (TPSA) is 88.7 Å². The van der Waals surface area contributed by atoms with Crippen molar-refractivity contribution in [3.8, 4) is 11.4 Å². The molecule has 2 saturated carbocycles. The number of methoxy groups -OCH3 is 1. The predicted octanol–water partition coefficient (Wildman–Crippen LogP) is 6.79. The Hall–Kier alpha value is -3.19. The second-order valence-corrected chi connectivity index (χ2v) is 11.3. The molecule has 2 fully saturated rings. The molecule has 0 spiro atoms. The minimum absolute atomic E-state index is 0.0595. The van der Waals surface area contributed by atoms with E-state index in [9.17, 15) is 9.90 Å². The molecule has 7 nitrogen and oxygen atoms in total. The minimum Gasteiger partial charge on any atom is -0.497 e. The molecule has 210 valence electrons. The fraction of sp³-hybridized carbons (Fsp3) is 0.531. The van der Waals surface area contributed by atoms with E-state index in [2.05, 4.69) is 22.8 Å². The molecule has 39 heavy (non-hydrogen) atoms. The van der Waals surface area contributed by atoms with Gasteiger partial charge in [0, 0.05) is 30.6 Å². The summed E-state index contributed by atoms with van der Waals surface area (Å²) in [5.41, 5.74) is 3.98. The standard InChI is InChI=1S/C32H43N3O4/c1-21(2)30(38-5)18-9-22(3)25-12-10-24(11-13-25)20-35(32(37)26-14-16-29(36)17-15-26)28-8-6-7-27(19-28)31-33-23(4)39-34-31/h6-9,18-19,24-26,29,36H,3,10-17,20H2,1-2,4-5H3/b18-9-. The number of anilines is 1. The lowest BCUT2D eigenvalue weighted by atomic mass is 9.78. The highest BCUT2D eigenvalue weighted by Gasteiger charge is 2.32. The number of benzene rings is 1. The lowest BCUT2D eigenvalue weighted by Gasteiger charge is -2.36. The van der Waals surface area contributed by atoms with E-state index in [1.807, 2.05) is 49.1 Å². The van der Waals surface area contributed by atoms with Gasteiger partial charge in [0.2, 0.25) is 17.6 Å². The molecule has 0 atom stereocenters. The number of aromatic nitrogens is 2. The summed E-state index contributed by atoms with van der Waals surface area (Å²) in [5.74, 6) is 2.88. The van der Waals surface area contributed by atoms with Gasteiger partial charge in [-0.2, -0.15) is 4.98 Å². The van der Waals surface area contributed by atoms with E-state index >= 15 is 0 Å². The van der Waals surface area contributed by atoms with Crippen LogP contribution in [0.5, 0.6) is 0 Å². The normalized spacial score (nSPS) is 23.4. The number of nitrogens with zero attached hydrogens (tertiary/aromatic N) is 3. The van der Waals surface area contributed by atoms with Crippen LogP contribution in [-0.2, 0) is 9.53 Å². The van der Waals surface area contributed by atoms with Gasteiger partial charge in [0.15, 0.2) is 0 Å². The average Bonchev–Trinajstić information content (AvgIpc) is 3.38. The number of carbonyl (C=O) groups is 1. The number of aliphatic hydroxyl groups is 1. The molecule has 2 aromatic rings. The number of aliphatic hydroxyl groups excluding tert-OH is 1.